The van der Waals surface area contributed by atoms with Crippen molar-refractivity contribution in [3.8, 4) is 11.1 Å². The highest BCUT2D eigenvalue weighted by Crippen LogP contribution is 2.36. The molecule has 1 aromatic heterocycles. The van der Waals surface area contributed by atoms with Crippen LogP contribution in [0.4, 0.5) is 0 Å². The van der Waals surface area contributed by atoms with E-state index in [0.717, 1.165) is 22.6 Å². The lowest BCUT2D eigenvalue weighted by Crippen LogP contribution is -2.50. The molecule has 1 saturated heterocycles. The quantitative estimate of drug-likeness (QED) is 0.710. The highest BCUT2D eigenvalue weighted by atomic mass is 32.2. The summed E-state index contributed by atoms with van der Waals surface area (Å²) < 4.78 is 6.83. The second-order valence-electron chi connectivity index (χ2n) is 7.80. The zero-order chi connectivity index (χ0) is 21.3. The van der Waals surface area contributed by atoms with Gasteiger partial charge in [0.25, 0.3) is 5.56 Å². The van der Waals surface area contributed by atoms with E-state index >= 15 is 0 Å². The summed E-state index contributed by atoms with van der Waals surface area (Å²) in [5.41, 5.74) is 2.59. The molecular weight excluding hydrogens is 404 g/mol. The average Bonchev–Trinajstić information content (AvgIpc) is 2.74. The lowest BCUT2D eigenvalue weighted by atomic mass is 9.82. The van der Waals surface area contributed by atoms with E-state index in [0.29, 0.717) is 25.2 Å². The molecule has 1 N–H and O–H groups in total. The van der Waals surface area contributed by atoms with Crippen molar-refractivity contribution >= 4 is 23.6 Å². The van der Waals surface area contributed by atoms with Crippen molar-refractivity contribution in [2.24, 2.45) is 5.92 Å². The van der Waals surface area contributed by atoms with Gasteiger partial charge in [0, 0.05) is 41.7 Å². The number of hydrogen-bond donors (Lipinski definition) is 1. The Balaban J connectivity index is 1.54. The zero-order valence-corrected chi connectivity index (χ0v) is 17.6. The Kier molecular flexibility index (Phi) is 5.97. The number of benzene rings is 1. The first kappa shape index (κ1) is 20.7. The third-order valence-corrected chi connectivity index (χ3v) is 6.55. The number of pyridine rings is 1. The van der Waals surface area contributed by atoms with Crippen LogP contribution in [0, 0.1) is 5.92 Å². The van der Waals surface area contributed by atoms with E-state index in [1.807, 2.05) is 47.2 Å². The van der Waals surface area contributed by atoms with Crippen molar-refractivity contribution in [2.75, 3.05) is 32.6 Å². The highest BCUT2D eigenvalue weighted by Gasteiger charge is 2.36. The van der Waals surface area contributed by atoms with Gasteiger partial charge in [0.05, 0.1) is 0 Å². The second kappa shape index (κ2) is 8.65. The summed E-state index contributed by atoms with van der Waals surface area (Å²) in [5.74, 6) is -0.995. The molecule has 2 aliphatic rings. The second-order valence-corrected chi connectivity index (χ2v) is 8.68. The zero-order valence-electron chi connectivity index (χ0n) is 16.7. The minimum atomic E-state index is -1.09. The fourth-order valence-electron chi connectivity index (χ4n) is 4.46. The number of aliphatic carboxylic acids is 1. The predicted octanol–water partition coefficient (Wildman–Crippen LogP) is 2.28. The van der Waals surface area contributed by atoms with Crippen LogP contribution in [0.25, 0.3) is 11.1 Å². The maximum atomic E-state index is 13.2. The molecule has 30 heavy (non-hydrogen) atoms. The number of carboxylic acids is 1. The average molecular weight is 429 g/mol. The lowest BCUT2D eigenvalue weighted by molar-refractivity contribution is -0.146. The van der Waals surface area contributed by atoms with E-state index in [9.17, 15) is 14.4 Å². The summed E-state index contributed by atoms with van der Waals surface area (Å²) in [4.78, 5) is 39.1. The molecule has 7 nitrogen and oxygen atoms in total. The smallest absolute Gasteiger partial charge is 0.329 e. The number of ether oxygens (including phenoxy) is 1. The molecule has 4 rings (SSSR count). The summed E-state index contributed by atoms with van der Waals surface area (Å²) in [6.07, 6.45) is 2.97. The monoisotopic (exact) mass is 428 g/mol. The number of nitrogens with zero attached hydrogens (tertiary/aromatic N) is 2. The van der Waals surface area contributed by atoms with Crippen molar-refractivity contribution in [1.82, 2.24) is 9.47 Å². The molecule has 3 heterocycles. The molecule has 8 heteroatoms. The van der Waals surface area contributed by atoms with Gasteiger partial charge in [0.15, 0.2) is 0 Å². The minimum Gasteiger partial charge on any atom is -0.480 e. The fraction of sp³-hybridized carbons (Fsp3) is 0.409. The molecular formula is C22H24N2O5S. The van der Waals surface area contributed by atoms with E-state index < -0.39 is 12.6 Å². The summed E-state index contributed by atoms with van der Waals surface area (Å²) in [5, 5.41) is 8.65. The summed E-state index contributed by atoms with van der Waals surface area (Å²) in [7, 11) is 0. The van der Waals surface area contributed by atoms with Crippen LogP contribution in [0.3, 0.4) is 0 Å². The predicted molar refractivity (Wildman–Crippen MR) is 114 cm³/mol. The molecule has 2 aliphatic heterocycles. The molecule has 1 amide bonds. The molecule has 0 spiro atoms. The molecule has 2 atom stereocenters. The summed E-state index contributed by atoms with van der Waals surface area (Å²) in [6.45, 7) is 0.952. The number of amides is 1. The maximum absolute atomic E-state index is 13.2. The normalized spacial score (nSPS) is 20.0. The first-order valence-corrected chi connectivity index (χ1v) is 11.1. The van der Waals surface area contributed by atoms with Gasteiger partial charge in [0.1, 0.15) is 13.2 Å². The third-order valence-electron chi connectivity index (χ3n) is 5.81. The van der Waals surface area contributed by atoms with Crippen LogP contribution in [0.2, 0.25) is 0 Å². The van der Waals surface area contributed by atoms with Crippen molar-refractivity contribution in [3.63, 3.8) is 0 Å². The van der Waals surface area contributed by atoms with Gasteiger partial charge >= 0.3 is 5.97 Å². The van der Waals surface area contributed by atoms with E-state index in [1.54, 1.807) is 16.7 Å². The van der Waals surface area contributed by atoms with Crippen LogP contribution in [-0.2, 0) is 20.9 Å². The number of aromatic nitrogens is 1. The van der Waals surface area contributed by atoms with E-state index in [-0.39, 0.29) is 29.9 Å². The topological polar surface area (TPSA) is 88.8 Å². The van der Waals surface area contributed by atoms with Gasteiger partial charge in [-0.05, 0) is 48.4 Å². The molecule has 1 aromatic carbocycles. The number of carbonyl (C=O) groups is 2. The van der Waals surface area contributed by atoms with Gasteiger partial charge < -0.3 is 19.3 Å². The van der Waals surface area contributed by atoms with Crippen LogP contribution in [-0.4, -0.2) is 59.0 Å². The maximum Gasteiger partial charge on any atom is 0.329 e. The van der Waals surface area contributed by atoms with Crippen LogP contribution in [0.15, 0.2) is 46.1 Å². The minimum absolute atomic E-state index is 0.0173. The molecule has 158 valence electrons. The van der Waals surface area contributed by atoms with E-state index in [2.05, 4.69) is 0 Å². The number of carbonyl (C=O) groups excluding carboxylic acids is 1. The Hall–Kier alpha value is -2.58. The summed E-state index contributed by atoms with van der Waals surface area (Å²) in [6, 6.07) is 11.9. The van der Waals surface area contributed by atoms with Crippen molar-refractivity contribution < 1.29 is 19.4 Å². The van der Waals surface area contributed by atoms with E-state index in [1.165, 1.54) is 0 Å². The van der Waals surface area contributed by atoms with Gasteiger partial charge in [-0.1, -0.05) is 12.1 Å². The first-order valence-electron chi connectivity index (χ1n) is 9.91. The number of piperidine rings is 1. The molecule has 0 aliphatic carbocycles. The van der Waals surface area contributed by atoms with Gasteiger partial charge in [-0.2, -0.15) is 0 Å². The first-order chi connectivity index (χ1) is 14.5. The van der Waals surface area contributed by atoms with Crippen molar-refractivity contribution in [1.29, 1.82) is 0 Å². The Bertz CT molecular complexity index is 1020. The summed E-state index contributed by atoms with van der Waals surface area (Å²) >= 11 is 1.67. The number of thioether (sulfide) groups is 1. The lowest BCUT2D eigenvalue weighted by Gasteiger charge is -2.42. The van der Waals surface area contributed by atoms with E-state index in [4.69, 9.17) is 9.84 Å². The number of carboxylic acid groups (broad SMARTS) is 1. The van der Waals surface area contributed by atoms with Crippen LogP contribution in [0.5, 0.6) is 0 Å². The van der Waals surface area contributed by atoms with Gasteiger partial charge in [-0.3, -0.25) is 9.59 Å². The highest BCUT2D eigenvalue weighted by molar-refractivity contribution is 7.98. The largest absolute Gasteiger partial charge is 0.480 e. The standard InChI is InChI=1S/C22H24N2O5S/c1-30-17-4-2-15(3-5-17)18-6-7-19-16-8-14(10-24(19)22(18)28)9-23(11-16)20(25)12-29-13-21(26)27/h2-7,14,16H,8-13H2,1H3,(H,26,27)/t14-,16+/m0/s1. The SMILES string of the molecule is CSc1ccc(-c2ccc3n(c2=O)C[C@H]2C[C@@H]3CN(C(=O)COCC(=O)O)C2)cc1. The molecule has 0 saturated carbocycles. The van der Waals surface area contributed by atoms with Gasteiger partial charge in [0.2, 0.25) is 5.91 Å². The van der Waals surface area contributed by atoms with Crippen molar-refractivity contribution in [2.45, 2.75) is 23.8 Å². The number of fused-ring (bicyclic) bond motifs is 4. The van der Waals surface area contributed by atoms with Crippen molar-refractivity contribution in [3.05, 3.63) is 52.4 Å². The Morgan fingerprint density at radius 2 is 1.87 bits per heavy atom. The van der Waals surface area contributed by atoms with Crippen LogP contribution in [0.1, 0.15) is 18.0 Å². The molecule has 2 bridgehead atoms. The van der Waals surface area contributed by atoms with Gasteiger partial charge in [-0.15, -0.1) is 11.8 Å². The Morgan fingerprint density at radius 3 is 2.57 bits per heavy atom. The van der Waals surface area contributed by atoms with Crippen LogP contribution < -0.4 is 5.56 Å². The number of hydrogen-bond acceptors (Lipinski definition) is 5. The van der Waals surface area contributed by atoms with Gasteiger partial charge in [-0.25, -0.2) is 4.79 Å². The third kappa shape index (κ3) is 4.15. The molecule has 1 fully saturated rings. The number of rotatable bonds is 6. The Morgan fingerprint density at radius 1 is 1.10 bits per heavy atom. The molecule has 2 aromatic rings. The fourth-order valence-corrected chi connectivity index (χ4v) is 4.86. The Labute approximate surface area is 178 Å². The molecule has 0 radical (unpaired) electrons. The van der Waals surface area contributed by atoms with Crippen LogP contribution >= 0.6 is 11.8 Å². The number of likely N-dealkylation sites (tertiary alicyclic amines) is 1. The molecule has 0 unspecified atom stereocenters.